The molecular weight excluding hydrogens is 304 g/mol. The second-order valence-electron chi connectivity index (χ2n) is 4.74. The number of halogens is 1. The van der Waals surface area contributed by atoms with Gasteiger partial charge in [0.25, 0.3) is 5.56 Å². The van der Waals surface area contributed by atoms with Gasteiger partial charge in [0.05, 0.1) is 12.7 Å². The Labute approximate surface area is 128 Å². The Morgan fingerprint density at radius 2 is 2.00 bits per heavy atom. The predicted molar refractivity (Wildman–Crippen MR) is 80.9 cm³/mol. The summed E-state index contributed by atoms with van der Waals surface area (Å²) in [6.07, 6.45) is 3.05. The Kier molecular flexibility index (Phi) is 2.87. The van der Waals surface area contributed by atoms with E-state index in [1.54, 1.807) is 18.3 Å². The summed E-state index contributed by atoms with van der Waals surface area (Å²) >= 11 is 6.13. The minimum Gasteiger partial charge on any atom is -0.293 e. The summed E-state index contributed by atoms with van der Waals surface area (Å²) in [6, 6.07) is 9.05. The lowest BCUT2D eigenvalue weighted by molar-refractivity contribution is 0.737. The second kappa shape index (κ2) is 4.88. The van der Waals surface area contributed by atoms with E-state index in [0.717, 1.165) is 5.56 Å². The highest BCUT2D eigenvalue weighted by Gasteiger charge is 2.11. The van der Waals surface area contributed by atoms with Gasteiger partial charge in [-0.15, -0.1) is 10.2 Å². The van der Waals surface area contributed by atoms with Crippen LogP contribution in [0.4, 0.5) is 0 Å². The minimum absolute atomic E-state index is 0.172. The van der Waals surface area contributed by atoms with Crippen LogP contribution in [-0.2, 0) is 6.54 Å². The van der Waals surface area contributed by atoms with E-state index in [1.807, 2.05) is 18.2 Å². The maximum atomic E-state index is 12.5. The predicted octanol–water partition coefficient (Wildman–Crippen LogP) is 1.54. The number of aromatic nitrogens is 6. The van der Waals surface area contributed by atoms with Crippen LogP contribution in [0.3, 0.4) is 0 Å². The summed E-state index contributed by atoms with van der Waals surface area (Å²) in [5.74, 6) is 0. The molecule has 108 valence electrons. The molecule has 0 N–H and O–H groups in total. The zero-order valence-corrected chi connectivity index (χ0v) is 12.0. The van der Waals surface area contributed by atoms with Crippen LogP contribution < -0.4 is 5.56 Å². The molecular formula is C14H9ClN6O. The van der Waals surface area contributed by atoms with E-state index in [-0.39, 0.29) is 11.1 Å². The van der Waals surface area contributed by atoms with Crippen molar-refractivity contribution in [1.82, 2.24) is 29.4 Å². The van der Waals surface area contributed by atoms with Crippen LogP contribution in [0.5, 0.6) is 0 Å². The lowest BCUT2D eigenvalue weighted by atomic mass is 10.2. The molecule has 0 unspecified atom stereocenters. The molecule has 0 aliphatic carbocycles. The van der Waals surface area contributed by atoms with Crippen LogP contribution >= 0.6 is 11.6 Å². The van der Waals surface area contributed by atoms with Crippen molar-refractivity contribution in [3.05, 3.63) is 63.8 Å². The Morgan fingerprint density at radius 3 is 2.86 bits per heavy atom. The number of hydrogen-bond acceptors (Lipinski definition) is 5. The van der Waals surface area contributed by atoms with Gasteiger partial charge in [-0.05, 0) is 11.6 Å². The van der Waals surface area contributed by atoms with Crippen molar-refractivity contribution in [2.45, 2.75) is 6.54 Å². The van der Waals surface area contributed by atoms with E-state index in [2.05, 4.69) is 20.3 Å². The number of rotatable bonds is 2. The van der Waals surface area contributed by atoms with E-state index in [1.165, 1.54) is 15.4 Å². The van der Waals surface area contributed by atoms with Crippen molar-refractivity contribution >= 4 is 28.4 Å². The number of nitrogens with zero attached hydrogens (tertiary/aromatic N) is 6. The lowest BCUT2D eigenvalue weighted by Crippen LogP contribution is -2.23. The zero-order chi connectivity index (χ0) is 15.1. The zero-order valence-electron chi connectivity index (χ0n) is 11.2. The Balaban J connectivity index is 1.89. The van der Waals surface area contributed by atoms with Crippen LogP contribution in [0.25, 0.3) is 16.8 Å². The molecule has 0 atom stereocenters. The molecule has 4 aromatic rings. The maximum Gasteiger partial charge on any atom is 0.283 e. The average Bonchev–Trinajstić information content (AvgIpc) is 3.01. The summed E-state index contributed by atoms with van der Waals surface area (Å²) < 4.78 is 2.94. The van der Waals surface area contributed by atoms with Crippen molar-refractivity contribution in [2.24, 2.45) is 0 Å². The normalized spacial score (nSPS) is 11.3. The highest BCUT2D eigenvalue weighted by Crippen LogP contribution is 2.15. The molecule has 0 saturated heterocycles. The third kappa shape index (κ3) is 1.94. The highest BCUT2D eigenvalue weighted by molar-refractivity contribution is 6.31. The van der Waals surface area contributed by atoms with Gasteiger partial charge in [-0.2, -0.15) is 9.61 Å². The van der Waals surface area contributed by atoms with E-state index < -0.39 is 0 Å². The smallest absolute Gasteiger partial charge is 0.283 e. The van der Waals surface area contributed by atoms with Gasteiger partial charge in [-0.25, -0.2) is 4.98 Å². The van der Waals surface area contributed by atoms with Gasteiger partial charge in [0.2, 0.25) is 0 Å². The molecule has 0 bridgehead atoms. The molecule has 4 rings (SSSR count). The molecule has 3 aromatic heterocycles. The van der Waals surface area contributed by atoms with Crippen molar-refractivity contribution < 1.29 is 0 Å². The molecule has 7 nitrogen and oxygen atoms in total. The van der Waals surface area contributed by atoms with Crippen LogP contribution in [0.2, 0.25) is 5.02 Å². The molecule has 0 spiro atoms. The van der Waals surface area contributed by atoms with Crippen LogP contribution in [0.15, 0.2) is 47.7 Å². The SMILES string of the molecule is O=c1c2nnc3ccnn3c2ncn1Cc1ccccc1Cl. The van der Waals surface area contributed by atoms with Gasteiger partial charge in [0, 0.05) is 11.1 Å². The van der Waals surface area contributed by atoms with Crippen molar-refractivity contribution in [3.63, 3.8) is 0 Å². The standard InChI is InChI=1S/C14H9ClN6O/c15-10-4-2-1-3-9(10)7-20-8-16-13-12(14(20)22)19-18-11-5-6-17-21(11)13/h1-6,8H,7H2. The number of hydrogen-bond donors (Lipinski definition) is 0. The van der Waals surface area contributed by atoms with Crippen LogP contribution in [-0.4, -0.2) is 29.4 Å². The van der Waals surface area contributed by atoms with Gasteiger partial charge in [-0.3, -0.25) is 9.36 Å². The van der Waals surface area contributed by atoms with Gasteiger partial charge < -0.3 is 0 Å². The molecule has 0 radical (unpaired) electrons. The van der Waals surface area contributed by atoms with Crippen molar-refractivity contribution in [3.8, 4) is 0 Å². The van der Waals surface area contributed by atoms with Gasteiger partial charge in [0.1, 0.15) is 6.33 Å². The summed E-state index contributed by atoms with van der Waals surface area (Å²) in [5.41, 5.74) is 1.65. The third-order valence-corrected chi connectivity index (χ3v) is 3.74. The highest BCUT2D eigenvalue weighted by atomic mass is 35.5. The fourth-order valence-corrected chi connectivity index (χ4v) is 2.47. The van der Waals surface area contributed by atoms with Crippen molar-refractivity contribution in [1.29, 1.82) is 0 Å². The maximum absolute atomic E-state index is 12.5. The molecule has 0 fully saturated rings. The monoisotopic (exact) mass is 312 g/mol. The third-order valence-electron chi connectivity index (χ3n) is 3.37. The Hall–Kier alpha value is -2.80. The Morgan fingerprint density at radius 1 is 1.14 bits per heavy atom. The summed E-state index contributed by atoms with van der Waals surface area (Å²) in [7, 11) is 0. The summed E-state index contributed by atoms with van der Waals surface area (Å²) in [5, 5.41) is 12.6. The largest absolute Gasteiger partial charge is 0.293 e. The quantitative estimate of drug-likeness (QED) is 0.561. The first-order chi connectivity index (χ1) is 10.7. The van der Waals surface area contributed by atoms with E-state index in [4.69, 9.17) is 11.6 Å². The van der Waals surface area contributed by atoms with Gasteiger partial charge in [-0.1, -0.05) is 29.8 Å². The van der Waals surface area contributed by atoms with Gasteiger partial charge >= 0.3 is 0 Å². The molecule has 3 heterocycles. The number of fused-ring (bicyclic) bond motifs is 3. The van der Waals surface area contributed by atoms with E-state index in [9.17, 15) is 4.79 Å². The average molecular weight is 313 g/mol. The topological polar surface area (TPSA) is 78.0 Å². The van der Waals surface area contributed by atoms with Crippen molar-refractivity contribution in [2.75, 3.05) is 0 Å². The molecule has 0 aliphatic rings. The molecule has 8 heteroatoms. The fourth-order valence-electron chi connectivity index (χ4n) is 2.27. The molecule has 0 aliphatic heterocycles. The molecule has 22 heavy (non-hydrogen) atoms. The van der Waals surface area contributed by atoms with Crippen LogP contribution in [0.1, 0.15) is 5.56 Å². The van der Waals surface area contributed by atoms with Gasteiger partial charge in [0.15, 0.2) is 16.8 Å². The second-order valence-corrected chi connectivity index (χ2v) is 5.15. The molecule has 0 saturated carbocycles. The molecule has 0 amide bonds. The minimum atomic E-state index is -0.283. The first-order valence-corrected chi connectivity index (χ1v) is 6.91. The summed E-state index contributed by atoms with van der Waals surface area (Å²) in [6.45, 7) is 0.320. The Bertz CT molecular complexity index is 1050. The lowest BCUT2D eigenvalue weighted by Gasteiger charge is -2.07. The van der Waals surface area contributed by atoms with E-state index in [0.29, 0.717) is 22.9 Å². The fraction of sp³-hybridized carbons (Fsp3) is 0.0714. The first kappa shape index (κ1) is 12.9. The first-order valence-electron chi connectivity index (χ1n) is 6.53. The number of benzene rings is 1. The van der Waals surface area contributed by atoms with Crippen LogP contribution in [0, 0.1) is 0 Å². The van der Waals surface area contributed by atoms with E-state index >= 15 is 0 Å². The molecule has 1 aromatic carbocycles. The summed E-state index contributed by atoms with van der Waals surface area (Å²) in [4.78, 5) is 16.8.